The van der Waals surface area contributed by atoms with Gasteiger partial charge in [0.05, 0.1) is 23.3 Å². The van der Waals surface area contributed by atoms with Crippen LogP contribution in [0, 0.1) is 6.92 Å². The lowest BCUT2D eigenvalue weighted by molar-refractivity contribution is -0.113. The number of carbonyl (C=O) groups is 3. The second-order valence-electron chi connectivity index (χ2n) is 7.34. The minimum absolute atomic E-state index is 0.0444. The van der Waals surface area contributed by atoms with Gasteiger partial charge in [-0.05, 0) is 23.9 Å². The SMILES string of the molecule is C=CCn1c(Cc2cccs2)nnc1SCC(=O)Nc1sc(C(=O)N(C)C)c(C)c1C(=O)OC. The molecule has 0 aliphatic rings. The first-order chi connectivity index (χ1) is 16.3. The van der Waals surface area contributed by atoms with Crippen molar-refractivity contribution >= 4 is 57.2 Å². The van der Waals surface area contributed by atoms with Crippen LogP contribution < -0.4 is 5.32 Å². The molecular formula is C22H25N5O4S3. The number of hydrogen-bond donors (Lipinski definition) is 1. The average molecular weight is 520 g/mol. The molecule has 0 atom stereocenters. The third-order valence-corrected chi connectivity index (χ3v) is 7.78. The second-order valence-corrected chi connectivity index (χ2v) is 10.3. The van der Waals surface area contributed by atoms with Crippen LogP contribution in [0.4, 0.5) is 5.00 Å². The van der Waals surface area contributed by atoms with E-state index in [-0.39, 0.29) is 28.1 Å². The van der Waals surface area contributed by atoms with Crippen LogP contribution in [0.1, 0.15) is 36.3 Å². The van der Waals surface area contributed by atoms with Gasteiger partial charge in [-0.1, -0.05) is 23.9 Å². The lowest BCUT2D eigenvalue weighted by Crippen LogP contribution is -2.21. The predicted molar refractivity (Wildman–Crippen MR) is 135 cm³/mol. The number of hydrogen-bond acceptors (Lipinski definition) is 9. The largest absolute Gasteiger partial charge is 0.465 e. The molecule has 0 spiro atoms. The van der Waals surface area contributed by atoms with Crippen molar-refractivity contribution in [2.24, 2.45) is 0 Å². The van der Waals surface area contributed by atoms with Crippen LogP contribution in [0.3, 0.4) is 0 Å². The Bertz CT molecular complexity index is 1200. The summed E-state index contributed by atoms with van der Waals surface area (Å²) in [5.41, 5.74) is 0.659. The standard InChI is InChI=1S/C22H25N5O4S3/c1-6-9-27-15(11-14-8-7-10-32-14)24-25-22(27)33-12-16(28)23-19-17(21(30)31-5)13(2)18(34-19)20(29)26(3)4/h6-8,10H,1,9,11-12H2,2-5H3,(H,23,28). The van der Waals surface area contributed by atoms with Crippen molar-refractivity contribution in [3.05, 3.63) is 56.9 Å². The number of methoxy groups -OCH3 is 1. The maximum absolute atomic E-state index is 12.8. The monoisotopic (exact) mass is 519 g/mol. The highest BCUT2D eigenvalue weighted by Crippen LogP contribution is 2.34. The maximum atomic E-state index is 12.8. The number of nitrogens with one attached hydrogen (secondary N) is 1. The number of rotatable bonds is 10. The van der Waals surface area contributed by atoms with E-state index >= 15 is 0 Å². The van der Waals surface area contributed by atoms with E-state index in [9.17, 15) is 14.4 Å². The van der Waals surface area contributed by atoms with Gasteiger partial charge in [0, 0.05) is 31.9 Å². The summed E-state index contributed by atoms with van der Waals surface area (Å²) < 4.78 is 6.79. The van der Waals surface area contributed by atoms with Gasteiger partial charge < -0.3 is 19.5 Å². The molecular weight excluding hydrogens is 494 g/mol. The van der Waals surface area contributed by atoms with Crippen molar-refractivity contribution in [1.82, 2.24) is 19.7 Å². The fraction of sp³-hybridized carbons (Fsp3) is 0.318. The summed E-state index contributed by atoms with van der Waals surface area (Å²) in [5.74, 6) is -0.369. The fourth-order valence-corrected chi connectivity index (χ4v) is 5.79. The minimum atomic E-state index is -0.613. The van der Waals surface area contributed by atoms with Crippen LogP contribution in [0.15, 0.2) is 35.3 Å². The fourth-order valence-electron chi connectivity index (χ4n) is 3.09. The molecule has 180 valence electrons. The van der Waals surface area contributed by atoms with E-state index in [1.54, 1.807) is 38.4 Å². The van der Waals surface area contributed by atoms with E-state index < -0.39 is 5.97 Å². The molecule has 3 rings (SSSR count). The third-order valence-electron chi connectivity index (χ3n) is 4.74. The first kappa shape index (κ1) is 25.7. The lowest BCUT2D eigenvalue weighted by atomic mass is 10.1. The van der Waals surface area contributed by atoms with Crippen molar-refractivity contribution in [2.75, 3.05) is 32.3 Å². The summed E-state index contributed by atoms with van der Waals surface area (Å²) in [4.78, 5) is 40.6. The zero-order valence-electron chi connectivity index (χ0n) is 19.3. The van der Waals surface area contributed by atoms with Gasteiger partial charge in [-0.25, -0.2) is 4.79 Å². The Labute approximate surface area is 209 Å². The molecule has 2 amide bonds. The lowest BCUT2D eigenvalue weighted by Gasteiger charge is -2.08. The predicted octanol–water partition coefficient (Wildman–Crippen LogP) is 3.71. The van der Waals surface area contributed by atoms with Gasteiger partial charge in [0.25, 0.3) is 5.91 Å². The summed E-state index contributed by atoms with van der Waals surface area (Å²) in [5, 5.41) is 14.2. The minimum Gasteiger partial charge on any atom is -0.465 e. The topological polar surface area (TPSA) is 106 Å². The first-order valence-corrected chi connectivity index (χ1v) is 12.9. The zero-order chi connectivity index (χ0) is 24.8. The van der Waals surface area contributed by atoms with Crippen LogP contribution in [-0.4, -0.2) is 64.4 Å². The summed E-state index contributed by atoms with van der Waals surface area (Å²) in [6.45, 7) is 5.98. The molecule has 0 aromatic carbocycles. The van der Waals surface area contributed by atoms with Gasteiger partial charge in [0.15, 0.2) is 5.16 Å². The maximum Gasteiger partial charge on any atom is 0.341 e. The van der Waals surface area contributed by atoms with Crippen LogP contribution in [0.2, 0.25) is 0 Å². The van der Waals surface area contributed by atoms with E-state index in [4.69, 9.17) is 4.74 Å². The van der Waals surface area contributed by atoms with Gasteiger partial charge in [0.1, 0.15) is 10.8 Å². The number of amides is 2. The molecule has 9 nitrogen and oxygen atoms in total. The summed E-state index contributed by atoms with van der Waals surface area (Å²) >= 11 is 3.94. The zero-order valence-corrected chi connectivity index (χ0v) is 21.7. The van der Waals surface area contributed by atoms with Crippen LogP contribution in [0.25, 0.3) is 0 Å². The highest BCUT2D eigenvalue weighted by atomic mass is 32.2. The number of carbonyl (C=O) groups excluding carboxylic acids is 3. The Morgan fingerprint density at radius 3 is 2.71 bits per heavy atom. The number of esters is 1. The van der Waals surface area contributed by atoms with Gasteiger partial charge in [0.2, 0.25) is 5.91 Å². The number of allylic oxidation sites excluding steroid dienone is 1. The number of anilines is 1. The number of nitrogens with zero attached hydrogens (tertiary/aromatic N) is 4. The molecule has 3 aromatic rings. The van der Waals surface area contributed by atoms with E-state index in [1.807, 2.05) is 22.1 Å². The Balaban J connectivity index is 1.76. The third kappa shape index (κ3) is 5.75. The van der Waals surface area contributed by atoms with Gasteiger partial charge in [-0.15, -0.1) is 39.4 Å². The molecule has 3 aromatic heterocycles. The molecule has 34 heavy (non-hydrogen) atoms. The van der Waals surface area contributed by atoms with Crippen LogP contribution >= 0.6 is 34.4 Å². The van der Waals surface area contributed by atoms with Crippen LogP contribution in [-0.2, 0) is 22.5 Å². The van der Waals surface area contributed by atoms with Crippen molar-refractivity contribution in [3.8, 4) is 0 Å². The normalized spacial score (nSPS) is 10.7. The summed E-state index contributed by atoms with van der Waals surface area (Å²) in [6.07, 6.45) is 2.40. The number of thioether (sulfide) groups is 1. The van der Waals surface area contributed by atoms with E-state index in [0.717, 1.165) is 17.2 Å². The Kier molecular flexibility index (Phi) is 8.64. The molecule has 0 saturated carbocycles. The Hall–Kier alpha value is -2.96. The molecule has 0 aliphatic heterocycles. The molecule has 0 fully saturated rings. The molecule has 0 radical (unpaired) electrons. The Morgan fingerprint density at radius 2 is 2.09 bits per heavy atom. The number of aromatic nitrogens is 3. The van der Waals surface area contributed by atoms with Gasteiger partial charge in [-0.3, -0.25) is 9.59 Å². The summed E-state index contributed by atoms with van der Waals surface area (Å²) in [6, 6.07) is 4.02. The molecule has 0 unspecified atom stereocenters. The average Bonchev–Trinajstić information content (AvgIpc) is 3.52. The van der Waals surface area contributed by atoms with Gasteiger partial charge in [-0.2, -0.15) is 0 Å². The smallest absolute Gasteiger partial charge is 0.341 e. The number of ether oxygens (including phenoxy) is 1. The quantitative estimate of drug-likeness (QED) is 0.247. The van der Waals surface area contributed by atoms with E-state index in [1.165, 1.54) is 28.6 Å². The molecule has 1 N–H and O–H groups in total. The molecule has 12 heteroatoms. The Morgan fingerprint density at radius 1 is 1.32 bits per heavy atom. The van der Waals surface area contributed by atoms with Crippen molar-refractivity contribution < 1.29 is 19.1 Å². The molecule has 0 saturated heterocycles. The van der Waals surface area contributed by atoms with Crippen molar-refractivity contribution in [2.45, 2.75) is 25.0 Å². The molecule has 3 heterocycles. The van der Waals surface area contributed by atoms with Gasteiger partial charge >= 0.3 is 5.97 Å². The summed E-state index contributed by atoms with van der Waals surface area (Å²) in [7, 11) is 4.51. The van der Waals surface area contributed by atoms with Crippen molar-refractivity contribution in [3.63, 3.8) is 0 Å². The van der Waals surface area contributed by atoms with Crippen LogP contribution in [0.5, 0.6) is 0 Å². The molecule has 0 bridgehead atoms. The van der Waals surface area contributed by atoms with E-state index in [0.29, 0.717) is 28.6 Å². The van der Waals surface area contributed by atoms with E-state index in [2.05, 4.69) is 22.1 Å². The highest BCUT2D eigenvalue weighted by Gasteiger charge is 2.27. The first-order valence-electron chi connectivity index (χ1n) is 10.2. The second kappa shape index (κ2) is 11.4. The number of thiophene rings is 2. The van der Waals surface area contributed by atoms with Crippen molar-refractivity contribution in [1.29, 1.82) is 0 Å². The highest BCUT2D eigenvalue weighted by molar-refractivity contribution is 7.99. The molecule has 0 aliphatic carbocycles.